The van der Waals surface area contributed by atoms with Gasteiger partial charge >= 0.3 is 6.09 Å². The Morgan fingerprint density at radius 1 is 1.03 bits per heavy atom. The van der Waals surface area contributed by atoms with Crippen LogP contribution in [0.1, 0.15) is 30.9 Å². The van der Waals surface area contributed by atoms with Crippen molar-refractivity contribution in [3.05, 3.63) is 69.8 Å². The van der Waals surface area contributed by atoms with E-state index < -0.39 is 11.0 Å². The summed E-state index contributed by atoms with van der Waals surface area (Å²) in [4.78, 5) is 38.9. The van der Waals surface area contributed by atoms with Crippen LogP contribution in [-0.4, -0.2) is 60.0 Å². The number of nitro groups is 1. The summed E-state index contributed by atoms with van der Waals surface area (Å²) in [6, 6.07) is 12.5. The second kappa shape index (κ2) is 10.1. The highest BCUT2D eigenvalue weighted by Gasteiger charge is 2.24. The Kier molecular flexibility index (Phi) is 7.25. The minimum Gasteiger partial charge on any atom is -0.453 e. The van der Waals surface area contributed by atoms with Crippen molar-refractivity contribution in [3.63, 3.8) is 0 Å². The minimum atomic E-state index is -0.405. The van der Waals surface area contributed by atoms with Crippen LogP contribution >= 0.6 is 0 Å². The number of carbonyl (C=O) groups is 2. The highest BCUT2D eigenvalue weighted by molar-refractivity contribution is 5.94. The first kappa shape index (κ1) is 23.0. The number of amides is 2. The predicted octanol–water partition coefficient (Wildman–Crippen LogP) is 4.31. The van der Waals surface area contributed by atoms with E-state index >= 15 is 0 Å². The first-order valence-electron chi connectivity index (χ1n) is 10.5. The number of nitrogens with zero attached hydrogens (tertiary/aromatic N) is 3. The molecule has 1 saturated heterocycles. The maximum absolute atomic E-state index is 12.7. The number of piperazine rings is 1. The maximum atomic E-state index is 12.7. The Hall–Kier alpha value is -3.68. The van der Waals surface area contributed by atoms with E-state index in [9.17, 15) is 19.7 Å². The molecule has 3 rings (SSSR count). The van der Waals surface area contributed by atoms with Gasteiger partial charge in [-0.2, -0.15) is 0 Å². The highest BCUT2D eigenvalue weighted by Crippen LogP contribution is 2.38. The molecule has 1 aliphatic heterocycles. The lowest BCUT2D eigenvalue weighted by molar-refractivity contribution is -0.384. The lowest BCUT2D eigenvalue weighted by atomic mass is 9.89. The van der Waals surface area contributed by atoms with E-state index in [1.165, 1.54) is 19.3 Å². The fourth-order valence-corrected chi connectivity index (χ4v) is 3.88. The summed E-state index contributed by atoms with van der Waals surface area (Å²) in [5.74, 6) is -0.0281. The number of hydrogen-bond acceptors (Lipinski definition) is 5. The first-order valence-corrected chi connectivity index (χ1v) is 10.5. The molecule has 0 radical (unpaired) electrons. The molecule has 0 atom stereocenters. The van der Waals surface area contributed by atoms with Crippen molar-refractivity contribution in [2.45, 2.75) is 19.8 Å². The van der Waals surface area contributed by atoms with Gasteiger partial charge in [-0.25, -0.2) is 4.79 Å². The average Bonchev–Trinajstić information content (AvgIpc) is 2.81. The molecule has 1 aliphatic rings. The molecule has 1 heterocycles. The van der Waals surface area contributed by atoms with Crippen molar-refractivity contribution < 1.29 is 19.2 Å². The molecule has 0 aliphatic carbocycles. The molecule has 8 nitrogen and oxygen atoms in total. The summed E-state index contributed by atoms with van der Waals surface area (Å²) in [5, 5.41) is 11.8. The summed E-state index contributed by atoms with van der Waals surface area (Å²) < 4.78 is 4.72. The van der Waals surface area contributed by atoms with Crippen LogP contribution < -0.4 is 0 Å². The zero-order chi connectivity index (χ0) is 23.3. The Bertz CT molecular complexity index is 1040. The van der Waals surface area contributed by atoms with E-state index in [4.69, 9.17) is 4.74 Å². The molecule has 1 fully saturated rings. The third kappa shape index (κ3) is 4.96. The maximum Gasteiger partial charge on any atom is 0.409 e. The Labute approximate surface area is 187 Å². The smallest absolute Gasteiger partial charge is 0.409 e. The molecule has 0 N–H and O–H groups in total. The van der Waals surface area contributed by atoms with Crippen LogP contribution in [0.5, 0.6) is 0 Å². The molecule has 168 valence electrons. The van der Waals surface area contributed by atoms with Gasteiger partial charge in [-0.3, -0.25) is 14.9 Å². The van der Waals surface area contributed by atoms with E-state index in [1.54, 1.807) is 28.0 Å². The van der Waals surface area contributed by atoms with Crippen molar-refractivity contribution in [1.29, 1.82) is 0 Å². The predicted molar refractivity (Wildman–Crippen MR) is 122 cm³/mol. The lowest BCUT2D eigenvalue weighted by Gasteiger charge is -2.33. The molecular formula is C24H27N3O5. The van der Waals surface area contributed by atoms with E-state index in [0.717, 1.165) is 11.1 Å². The summed E-state index contributed by atoms with van der Waals surface area (Å²) in [6.07, 6.45) is 2.67. The second-order valence-electron chi connectivity index (χ2n) is 7.86. The van der Waals surface area contributed by atoms with Crippen LogP contribution in [-0.2, 0) is 9.53 Å². The molecule has 0 spiro atoms. The van der Waals surface area contributed by atoms with Crippen molar-refractivity contribution in [1.82, 2.24) is 9.80 Å². The molecule has 2 aromatic carbocycles. The second-order valence-corrected chi connectivity index (χ2v) is 7.86. The van der Waals surface area contributed by atoms with Crippen LogP contribution in [0.3, 0.4) is 0 Å². The molecular weight excluding hydrogens is 410 g/mol. The molecule has 0 saturated carbocycles. The van der Waals surface area contributed by atoms with Gasteiger partial charge in [0.1, 0.15) is 0 Å². The standard InChI is InChI=1S/C24H27N3O5/c1-17(2)19-8-4-5-9-20(19)23-18(7-6-10-21(23)27(30)31)11-12-22(28)25-13-15-26(16-14-25)24(29)32-3/h4-12,17H,13-16H2,1-3H3/b12-11+. The number of rotatable bonds is 5. The average molecular weight is 437 g/mol. The van der Waals surface area contributed by atoms with Gasteiger partial charge in [-0.15, -0.1) is 0 Å². The van der Waals surface area contributed by atoms with Gasteiger partial charge in [0.25, 0.3) is 5.69 Å². The third-order valence-corrected chi connectivity index (χ3v) is 5.55. The lowest BCUT2D eigenvalue weighted by Crippen LogP contribution is -2.50. The third-order valence-electron chi connectivity index (χ3n) is 5.55. The van der Waals surface area contributed by atoms with Gasteiger partial charge in [-0.1, -0.05) is 50.2 Å². The van der Waals surface area contributed by atoms with E-state index in [1.807, 2.05) is 38.1 Å². The van der Waals surface area contributed by atoms with Crippen molar-refractivity contribution in [3.8, 4) is 11.1 Å². The molecule has 0 aromatic heterocycles. The van der Waals surface area contributed by atoms with Crippen molar-refractivity contribution >= 4 is 23.8 Å². The van der Waals surface area contributed by atoms with E-state index in [0.29, 0.717) is 37.3 Å². The summed E-state index contributed by atoms with van der Waals surface area (Å²) in [6.45, 7) is 5.68. The zero-order valence-corrected chi connectivity index (χ0v) is 18.5. The number of benzene rings is 2. The number of nitro benzene ring substituents is 1. The fourth-order valence-electron chi connectivity index (χ4n) is 3.88. The Morgan fingerprint density at radius 3 is 2.31 bits per heavy atom. The van der Waals surface area contributed by atoms with Crippen LogP contribution in [0, 0.1) is 10.1 Å². The monoisotopic (exact) mass is 437 g/mol. The van der Waals surface area contributed by atoms with Crippen LogP contribution in [0.25, 0.3) is 17.2 Å². The number of ether oxygens (including phenoxy) is 1. The van der Waals surface area contributed by atoms with Crippen LogP contribution in [0.15, 0.2) is 48.5 Å². The van der Waals surface area contributed by atoms with Gasteiger partial charge in [0.05, 0.1) is 17.6 Å². The molecule has 0 unspecified atom stereocenters. The van der Waals surface area contributed by atoms with E-state index in [2.05, 4.69) is 0 Å². The van der Waals surface area contributed by atoms with Crippen molar-refractivity contribution in [2.75, 3.05) is 33.3 Å². The SMILES string of the molecule is COC(=O)N1CCN(C(=O)/C=C/c2cccc([N+](=O)[O-])c2-c2ccccc2C(C)C)CC1. The van der Waals surface area contributed by atoms with Crippen LogP contribution in [0.2, 0.25) is 0 Å². The Balaban J connectivity index is 1.90. The molecule has 2 aromatic rings. The van der Waals surface area contributed by atoms with Gasteiger partial charge in [0.2, 0.25) is 5.91 Å². The molecule has 2 amide bonds. The number of carbonyl (C=O) groups excluding carboxylic acids is 2. The number of hydrogen-bond donors (Lipinski definition) is 0. The zero-order valence-electron chi connectivity index (χ0n) is 18.5. The number of methoxy groups -OCH3 is 1. The van der Waals surface area contributed by atoms with Gasteiger partial charge < -0.3 is 14.5 Å². The van der Waals surface area contributed by atoms with Gasteiger partial charge in [-0.05, 0) is 28.7 Å². The van der Waals surface area contributed by atoms with Gasteiger partial charge in [0.15, 0.2) is 0 Å². The Morgan fingerprint density at radius 2 is 1.69 bits per heavy atom. The minimum absolute atomic E-state index is 0.000564. The summed E-state index contributed by atoms with van der Waals surface area (Å²) in [7, 11) is 1.33. The largest absolute Gasteiger partial charge is 0.453 e. The quantitative estimate of drug-likeness (QED) is 0.395. The summed E-state index contributed by atoms with van der Waals surface area (Å²) in [5.41, 5.74) is 2.89. The fraction of sp³-hybridized carbons (Fsp3) is 0.333. The highest BCUT2D eigenvalue weighted by atomic mass is 16.6. The van der Waals surface area contributed by atoms with Gasteiger partial charge in [0, 0.05) is 38.3 Å². The molecule has 32 heavy (non-hydrogen) atoms. The molecule has 0 bridgehead atoms. The van der Waals surface area contributed by atoms with E-state index in [-0.39, 0.29) is 17.5 Å². The normalized spacial score (nSPS) is 14.1. The topological polar surface area (TPSA) is 93.0 Å². The van der Waals surface area contributed by atoms with Crippen LogP contribution in [0.4, 0.5) is 10.5 Å². The van der Waals surface area contributed by atoms with Crippen molar-refractivity contribution in [2.24, 2.45) is 0 Å². The summed E-state index contributed by atoms with van der Waals surface area (Å²) >= 11 is 0. The first-order chi connectivity index (χ1) is 15.3. The molecule has 8 heteroatoms.